The lowest BCUT2D eigenvalue weighted by Gasteiger charge is -2.14. The van der Waals surface area contributed by atoms with E-state index in [2.05, 4.69) is 5.32 Å². The van der Waals surface area contributed by atoms with Gasteiger partial charge in [-0.25, -0.2) is 8.42 Å². The summed E-state index contributed by atoms with van der Waals surface area (Å²) in [5.41, 5.74) is 0.700. The molecule has 26 heavy (non-hydrogen) atoms. The SMILES string of the molecule is O=C(CN1C(=O)S/C(=C\c2ccc(Cl)cc2)C1=O)N[C@@H]1C=CS(=O)(=O)C1. The Labute approximate surface area is 159 Å². The summed E-state index contributed by atoms with van der Waals surface area (Å²) in [7, 11) is -3.30. The predicted molar refractivity (Wildman–Crippen MR) is 99.0 cm³/mol. The highest BCUT2D eigenvalue weighted by Gasteiger charge is 2.36. The molecule has 0 aliphatic carbocycles. The standard InChI is InChI=1S/C16H13ClN2O5S2/c17-11-3-1-10(2-4-11)7-13-15(21)19(16(22)25-13)8-14(20)18-12-5-6-26(23,24)9-12/h1-7,12H,8-9H2,(H,18,20)/b13-7-/t12-/m1/s1. The summed E-state index contributed by atoms with van der Waals surface area (Å²) in [5.74, 6) is -1.40. The molecule has 1 aromatic carbocycles. The Hall–Kier alpha value is -2.10. The topological polar surface area (TPSA) is 101 Å². The number of rotatable bonds is 4. The normalized spacial score (nSPS) is 23.0. The lowest BCUT2D eigenvalue weighted by atomic mass is 10.2. The number of hydrogen-bond acceptors (Lipinski definition) is 6. The van der Waals surface area contributed by atoms with E-state index < -0.39 is 39.5 Å². The Kier molecular flexibility index (Phi) is 5.22. The Morgan fingerprint density at radius 1 is 1.31 bits per heavy atom. The Morgan fingerprint density at radius 2 is 2.00 bits per heavy atom. The summed E-state index contributed by atoms with van der Waals surface area (Å²) >= 11 is 6.55. The number of benzene rings is 1. The summed E-state index contributed by atoms with van der Waals surface area (Å²) in [5, 5.41) is 3.51. The zero-order valence-electron chi connectivity index (χ0n) is 13.2. The van der Waals surface area contributed by atoms with Crippen LogP contribution in [0.4, 0.5) is 4.79 Å². The number of amides is 3. The van der Waals surface area contributed by atoms with E-state index in [9.17, 15) is 22.8 Å². The minimum absolute atomic E-state index is 0.202. The average Bonchev–Trinajstić information content (AvgIpc) is 3.03. The first-order valence-electron chi connectivity index (χ1n) is 7.45. The van der Waals surface area contributed by atoms with Gasteiger partial charge >= 0.3 is 0 Å². The molecule has 1 saturated heterocycles. The van der Waals surface area contributed by atoms with Crippen LogP contribution >= 0.6 is 23.4 Å². The molecule has 0 bridgehead atoms. The number of nitrogens with one attached hydrogen (secondary N) is 1. The van der Waals surface area contributed by atoms with Crippen LogP contribution in [0.25, 0.3) is 6.08 Å². The third kappa shape index (κ3) is 4.35. The van der Waals surface area contributed by atoms with Crippen molar-refractivity contribution in [3.05, 3.63) is 51.2 Å². The van der Waals surface area contributed by atoms with E-state index in [4.69, 9.17) is 11.6 Å². The number of carbonyl (C=O) groups excluding carboxylic acids is 3. The van der Waals surface area contributed by atoms with Crippen LogP contribution in [0.1, 0.15) is 5.56 Å². The van der Waals surface area contributed by atoms with Crippen LogP contribution in [0, 0.1) is 0 Å². The molecule has 10 heteroatoms. The number of hydrogen-bond donors (Lipinski definition) is 1. The molecule has 2 aliphatic rings. The summed E-state index contributed by atoms with van der Waals surface area (Å²) in [6.45, 7) is -0.465. The van der Waals surface area contributed by atoms with Gasteiger partial charge in [-0.15, -0.1) is 0 Å². The second kappa shape index (κ2) is 7.26. The maximum atomic E-state index is 12.4. The second-order valence-corrected chi connectivity index (χ2v) is 9.01. The summed E-state index contributed by atoms with van der Waals surface area (Å²) in [6, 6.07) is 6.07. The molecule has 1 N–H and O–H groups in total. The van der Waals surface area contributed by atoms with Gasteiger partial charge in [-0.1, -0.05) is 23.7 Å². The van der Waals surface area contributed by atoms with Gasteiger partial charge in [0.25, 0.3) is 11.1 Å². The molecule has 2 aliphatic heterocycles. The molecule has 0 saturated carbocycles. The lowest BCUT2D eigenvalue weighted by molar-refractivity contribution is -0.129. The van der Waals surface area contributed by atoms with Crippen LogP contribution in [0.15, 0.2) is 40.7 Å². The third-order valence-electron chi connectivity index (χ3n) is 3.62. The fraction of sp³-hybridized carbons (Fsp3) is 0.188. The first-order chi connectivity index (χ1) is 12.2. The van der Waals surface area contributed by atoms with Crippen molar-refractivity contribution in [3.63, 3.8) is 0 Å². The van der Waals surface area contributed by atoms with Gasteiger partial charge in [0, 0.05) is 10.4 Å². The quantitative estimate of drug-likeness (QED) is 0.757. The van der Waals surface area contributed by atoms with Crippen molar-refractivity contribution in [1.82, 2.24) is 10.2 Å². The number of carbonyl (C=O) groups is 3. The Balaban J connectivity index is 1.64. The number of thioether (sulfide) groups is 1. The maximum absolute atomic E-state index is 12.4. The van der Waals surface area contributed by atoms with E-state index in [1.54, 1.807) is 30.3 Å². The van der Waals surface area contributed by atoms with Crippen molar-refractivity contribution < 1.29 is 22.8 Å². The third-order valence-corrected chi connectivity index (χ3v) is 6.17. The smallest absolute Gasteiger partial charge is 0.294 e. The molecule has 1 aromatic rings. The van der Waals surface area contributed by atoms with E-state index in [-0.39, 0.29) is 10.7 Å². The molecule has 7 nitrogen and oxygen atoms in total. The fourth-order valence-electron chi connectivity index (χ4n) is 2.41. The van der Waals surface area contributed by atoms with Gasteiger partial charge in [-0.3, -0.25) is 19.3 Å². The van der Waals surface area contributed by atoms with E-state index in [0.717, 1.165) is 22.1 Å². The van der Waals surface area contributed by atoms with Crippen LogP contribution < -0.4 is 5.32 Å². The van der Waals surface area contributed by atoms with Gasteiger partial charge in [0.15, 0.2) is 9.84 Å². The molecular formula is C16H13ClN2O5S2. The van der Waals surface area contributed by atoms with Gasteiger partial charge in [0.1, 0.15) is 6.54 Å². The largest absolute Gasteiger partial charge is 0.347 e. The first kappa shape index (κ1) is 18.7. The summed E-state index contributed by atoms with van der Waals surface area (Å²) in [6.07, 6.45) is 2.91. The second-order valence-electron chi connectivity index (χ2n) is 5.65. The molecule has 1 atom stereocenters. The van der Waals surface area contributed by atoms with Gasteiger partial charge in [-0.05, 0) is 41.6 Å². The van der Waals surface area contributed by atoms with Gasteiger partial charge in [0.05, 0.1) is 16.7 Å². The molecule has 3 amide bonds. The highest BCUT2D eigenvalue weighted by atomic mass is 35.5. The molecule has 0 unspecified atom stereocenters. The zero-order chi connectivity index (χ0) is 18.9. The predicted octanol–water partition coefficient (Wildman–Crippen LogP) is 1.80. The molecule has 3 rings (SSSR count). The number of imide groups is 1. The molecule has 0 spiro atoms. The van der Waals surface area contributed by atoms with Crippen LogP contribution in [0.3, 0.4) is 0 Å². The molecule has 0 aromatic heterocycles. The molecule has 1 fully saturated rings. The Bertz CT molecular complexity index is 938. The van der Waals surface area contributed by atoms with E-state index in [1.807, 2.05) is 0 Å². The maximum Gasteiger partial charge on any atom is 0.294 e. The summed E-state index contributed by atoms with van der Waals surface area (Å²) in [4.78, 5) is 37.5. The lowest BCUT2D eigenvalue weighted by Crippen LogP contribution is -2.43. The molecule has 136 valence electrons. The Morgan fingerprint density at radius 3 is 2.62 bits per heavy atom. The number of halogens is 1. The van der Waals surface area contributed by atoms with E-state index >= 15 is 0 Å². The van der Waals surface area contributed by atoms with E-state index in [1.165, 1.54) is 6.08 Å². The fourth-order valence-corrected chi connectivity index (χ4v) is 4.61. The van der Waals surface area contributed by atoms with Crippen LogP contribution in [0.2, 0.25) is 5.02 Å². The van der Waals surface area contributed by atoms with Crippen molar-refractivity contribution in [2.75, 3.05) is 12.3 Å². The van der Waals surface area contributed by atoms with Gasteiger partial charge < -0.3 is 5.32 Å². The van der Waals surface area contributed by atoms with Crippen molar-refractivity contribution in [3.8, 4) is 0 Å². The molecular weight excluding hydrogens is 400 g/mol. The van der Waals surface area contributed by atoms with Crippen molar-refractivity contribution in [1.29, 1.82) is 0 Å². The molecule has 0 radical (unpaired) electrons. The van der Waals surface area contributed by atoms with Crippen molar-refractivity contribution in [2.45, 2.75) is 6.04 Å². The van der Waals surface area contributed by atoms with Crippen molar-refractivity contribution >= 4 is 56.3 Å². The number of nitrogens with zero attached hydrogens (tertiary/aromatic N) is 1. The van der Waals surface area contributed by atoms with Gasteiger partial charge in [0.2, 0.25) is 5.91 Å². The summed E-state index contributed by atoms with van der Waals surface area (Å²) < 4.78 is 22.7. The minimum Gasteiger partial charge on any atom is -0.347 e. The van der Waals surface area contributed by atoms with Gasteiger partial charge in [-0.2, -0.15) is 0 Å². The first-order valence-corrected chi connectivity index (χ1v) is 10.4. The highest BCUT2D eigenvalue weighted by Crippen LogP contribution is 2.32. The van der Waals surface area contributed by atoms with Crippen LogP contribution in [-0.2, 0) is 19.4 Å². The average molecular weight is 413 g/mol. The monoisotopic (exact) mass is 412 g/mol. The van der Waals surface area contributed by atoms with Crippen LogP contribution in [0.5, 0.6) is 0 Å². The van der Waals surface area contributed by atoms with E-state index in [0.29, 0.717) is 10.6 Å². The minimum atomic E-state index is -3.30. The van der Waals surface area contributed by atoms with Crippen LogP contribution in [-0.4, -0.2) is 48.7 Å². The van der Waals surface area contributed by atoms with Crippen molar-refractivity contribution in [2.24, 2.45) is 0 Å². The highest BCUT2D eigenvalue weighted by molar-refractivity contribution is 8.18. The molecule has 2 heterocycles. The number of sulfone groups is 1. The zero-order valence-corrected chi connectivity index (χ0v) is 15.6.